The highest BCUT2D eigenvalue weighted by Crippen LogP contribution is 2.56. The van der Waals surface area contributed by atoms with Gasteiger partial charge in [0.2, 0.25) is 5.91 Å². The van der Waals surface area contributed by atoms with Crippen LogP contribution in [0.25, 0.3) is 11.3 Å². The van der Waals surface area contributed by atoms with E-state index in [4.69, 9.17) is 0 Å². The fraction of sp³-hybridized carbons (Fsp3) is 0.500. The predicted octanol–water partition coefficient (Wildman–Crippen LogP) is 5.73. The molecule has 0 aliphatic heterocycles. The molecule has 1 N–H and O–H groups in total. The lowest BCUT2D eigenvalue weighted by atomic mass is 9.74. The molecule has 1 aromatic carbocycles. The number of nitrogens with zero attached hydrogens (tertiary/aromatic N) is 2. The van der Waals surface area contributed by atoms with E-state index in [1.54, 1.807) is 13.8 Å². The number of alkyl halides is 7. The van der Waals surface area contributed by atoms with Crippen LogP contribution in [0.5, 0.6) is 5.75 Å². The molecule has 1 aromatic heterocycles. The molecule has 1 aliphatic carbocycles. The van der Waals surface area contributed by atoms with E-state index >= 15 is 0 Å². The van der Waals surface area contributed by atoms with E-state index in [0.29, 0.717) is 16.8 Å². The van der Waals surface area contributed by atoms with Crippen LogP contribution >= 0.6 is 0 Å². The summed E-state index contributed by atoms with van der Waals surface area (Å²) in [6.45, 7) is 3.55. The van der Waals surface area contributed by atoms with Crippen LogP contribution in [0.15, 0.2) is 24.3 Å². The lowest BCUT2D eigenvalue weighted by Crippen LogP contribution is -2.59. The van der Waals surface area contributed by atoms with Crippen LogP contribution in [0.2, 0.25) is 0 Å². The Morgan fingerprint density at radius 1 is 1.22 bits per heavy atom. The van der Waals surface area contributed by atoms with Gasteiger partial charge in [-0.05, 0) is 30.2 Å². The van der Waals surface area contributed by atoms with Crippen LogP contribution in [0.3, 0.4) is 0 Å². The van der Waals surface area contributed by atoms with E-state index in [9.17, 15) is 35.5 Å². The van der Waals surface area contributed by atoms with Gasteiger partial charge in [0, 0.05) is 36.9 Å². The molecule has 2 aromatic rings. The molecule has 1 aliphatic rings. The normalized spacial score (nSPS) is 19.5. The number of amides is 1. The molecule has 0 saturated heterocycles. The Morgan fingerprint density at radius 2 is 1.81 bits per heavy atom. The highest BCUT2D eigenvalue weighted by Gasteiger charge is 2.71. The second-order valence-electron chi connectivity index (χ2n) is 7.94. The number of halogens is 7. The average molecular weight is 467 g/mol. The molecule has 3 rings (SSSR count). The van der Waals surface area contributed by atoms with Gasteiger partial charge in [-0.25, -0.2) is 0 Å². The first-order chi connectivity index (χ1) is 14.6. The lowest BCUT2D eigenvalue weighted by molar-refractivity contribution is -0.313. The Hall–Kier alpha value is -2.79. The average Bonchev–Trinajstić information content (AvgIpc) is 2.96. The Labute approximate surface area is 178 Å². The first kappa shape index (κ1) is 23.9. The summed E-state index contributed by atoms with van der Waals surface area (Å²) >= 11 is 0. The summed E-state index contributed by atoms with van der Waals surface area (Å²) in [6.07, 6.45) is -6.71. The van der Waals surface area contributed by atoms with Gasteiger partial charge in [0.15, 0.2) is 5.82 Å². The Morgan fingerprint density at radius 3 is 2.28 bits per heavy atom. The maximum absolute atomic E-state index is 13.5. The van der Waals surface area contributed by atoms with E-state index in [0.717, 1.165) is 12.1 Å². The first-order valence-corrected chi connectivity index (χ1v) is 9.61. The molecule has 0 bridgehead atoms. The molecule has 1 atom stereocenters. The smallest absolute Gasteiger partial charge is 0.406 e. The summed E-state index contributed by atoms with van der Waals surface area (Å²) in [5, 5.41) is 6.59. The molecule has 1 saturated carbocycles. The first-order valence-electron chi connectivity index (χ1n) is 9.61. The Balaban J connectivity index is 1.82. The third-order valence-corrected chi connectivity index (χ3v) is 5.22. The standard InChI is InChI=1S/C20H20F7N3O2/c1-10(2)15-16(11-4-6-13(7-5-11)32-20(25,26)27)30(3)29-17(15)28-14(31)8-12-9-18(21,22)19(12,23)24/h4-7,10,12H,8-9H2,1-3H3,(H,28,29,31)/t12-/m0/s1. The second kappa shape index (κ2) is 7.96. The largest absolute Gasteiger partial charge is 0.573 e. The Bertz CT molecular complexity index is 998. The number of ether oxygens (including phenoxy) is 1. The number of carbonyl (C=O) groups is 1. The fourth-order valence-corrected chi connectivity index (χ4v) is 3.68. The van der Waals surface area contributed by atoms with Crippen molar-refractivity contribution < 1.29 is 40.3 Å². The third kappa shape index (κ3) is 4.53. The minimum absolute atomic E-state index is 0.0625. The molecular weight excluding hydrogens is 447 g/mol. The summed E-state index contributed by atoms with van der Waals surface area (Å²) in [5.74, 6) is -11.6. The van der Waals surface area contributed by atoms with Crippen molar-refractivity contribution in [1.29, 1.82) is 0 Å². The van der Waals surface area contributed by atoms with Gasteiger partial charge in [0.25, 0.3) is 0 Å². The van der Waals surface area contributed by atoms with Gasteiger partial charge in [-0.1, -0.05) is 13.8 Å². The van der Waals surface area contributed by atoms with Crippen LogP contribution < -0.4 is 10.1 Å². The minimum Gasteiger partial charge on any atom is -0.406 e. The zero-order valence-electron chi connectivity index (χ0n) is 17.2. The zero-order chi connectivity index (χ0) is 24.1. The number of nitrogens with one attached hydrogen (secondary N) is 1. The number of anilines is 1. The molecule has 1 amide bonds. The number of benzene rings is 1. The molecule has 12 heteroatoms. The number of rotatable bonds is 6. The number of aromatic nitrogens is 2. The minimum atomic E-state index is -4.84. The summed E-state index contributed by atoms with van der Waals surface area (Å²) in [4.78, 5) is 12.3. The molecule has 1 heterocycles. The van der Waals surface area contributed by atoms with Crippen molar-refractivity contribution >= 4 is 11.7 Å². The summed E-state index contributed by atoms with van der Waals surface area (Å²) in [6, 6.07) is 5.01. The van der Waals surface area contributed by atoms with Gasteiger partial charge >= 0.3 is 18.2 Å². The van der Waals surface area contributed by atoms with Gasteiger partial charge in [-0.3, -0.25) is 9.48 Å². The van der Waals surface area contributed by atoms with Crippen molar-refractivity contribution in [3.05, 3.63) is 29.8 Å². The summed E-state index contributed by atoms with van der Waals surface area (Å²) in [5.41, 5.74) is 1.47. The van der Waals surface area contributed by atoms with Crippen molar-refractivity contribution in [2.75, 3.05) is 5.32 Å². The van der Waals surface area contributed by atoms with Crippen LogP contribution in [0.1, 0.15) is 38.2 Å². The molecular formula is C20H20F7N3O2. The van der Waals surface area contributed by atoms with Crippen LogP contribution in [-0.4, -0.2) is 33.9 Å². The predicted molar refractivity (Wildman–Crippen MR) is 101 cm³/mol. The number of aryl methyl sites for hydroxylation is 1. The number of hydrogen-bond acceptors (Lipinski definition) is 3. The second-order valence-corrected chi connectivity index (χ2v) is 7.94. The van der Waals surface area contributed by atoms with Gasteiger partial charge in [0.05, 0.1) is 5.69 Å². The van der Waals surface area contributed by atoms with Gasteiger partial charge < -0.3 is 10.1 Å². The molecule has 1 fully saturated rings. The van der Waals surface area contributed by atoms with Crippen LogP contribution in [0, 0.1) is 5.92 Å². The highest BCUT2D eigenvalue weighted by molar-refractivity contribution is 5.92. The number of carbonyl (C=O) groups excluding carboxylic acids is 1. The molecule has 0 radical (unpaired) electrons. The maximum Gasteiger partial charge on any atom is 0.573 e. The molecule has 0 spiro atoms. The van der Waals surface area contributed by atoms with Crippen LogP contribution in [0.4, 0.5) is 36.6 Å². The Kier molecular flexibility index (Phi) is 5.94. The zero-order valence-corrected chi connectivity index (χ0v) is 17.2. The molecule has 5 nitrogen and oxygen atoms in total. The van der Waals surface area contributed by atoms with E-state index in [2.05, 4.69) is 15.2 Å². The van der Waals surface area contributed by atoms with E-state index in [1.807, 2.05) is 0 Å². The van der Waals surface area contributed by atoms with Gasteiger partial charge in [0.1, 0.15) is 5.75 Å². The monoisotopic (exact) mass is 467 g/mol. The maximum atomic E-state index is 13.5. The van der Waals surface area contributed by atoms with Crippen molar-refractivity contribution in [2.45, 2.75) is 50.8 Å². The van der Waals surface area contributed by atoms with E-state index in [-0.39, 0.29) is 11.7 Å². The third-order valence-electron chi connectivity index (χ3n) is 5.22. The van der Waals surface area contributed by atoms with Crippen molar-refractivity contribution in [2.24, 2.45) is 13.0 Å². The highest BCUT2D eigenvalue weighted by atomic mass is 19.4. The number of hydrogen-bond donors (Lipinski definition) is 1. The summed E-state index contributed by atoms with van der Waals surface area (Å²) < 4.78 is 95.3. The lowest BCUT2D eigenvalue weighted by Gasteiger charge is -2.43. The van der Waals surface area contributed by atoms with Gasteiger partial charge in [-0.2, -0.15) is 22.7 Å². The molecule has 176 valence electrons. The van der Waals surface area contributed by atoms with Crippen molar-refractivity contribution in [3.63, 3.8) is 0 Å². The van der Waals surface area contributed by atoms with Crippen LogP contribution in [-0.2, 0) is 11.8 Å². The fourth-order valence-electron chi connectivity index (χ4n) is 3.68. The van der Waals surface area contributed by atoms with Crippen molar-refractivity contribution in [1.82, 2.24) is 9.78 Å². The van der Waals surface area contributed by atoms with Gasteiger partial charge in [-0.15, -0.1) is 13.2 Å². The quantitative estimate of drug-likeness (QED) is 0.553. The topological polar surface area (TPSA) is 56.2 Å². The van der Waals surface area contributed by atoms with Crippen molar-refractivity contribution in [3.8, 4) is 17.0 Å². The molecule has 0 unspecified atom stereocenters. The van der Waals surface area contributed by atoms with E-state index < -0.39 is 48.6 Å². The SMILES string of the molecule is CC(C)c1c(NC(=O)C[C@H]2CC(F)(F)C2(F)F)nn(C)c1-c1ccc(OC(F)(F)F)cc1. The molecule has 32 heavy (non-hydrogen) atoms. The van der Waals surface area contributed by atoms with E-state index in [1.165, 1.54) is 23.9 Å². The summed E-state index contributed by atoms with van der Waals surface area (Å²) in [7, 11) is 1.54.